The fourth-order valence-corrected chi connectivity index (χ4v) is 2.50. The molecule has 5 heteroatoms. The predicted molar refractivity (Wildman–Crippen MR) is 87.6 cm³/mol. The standard InChI is InChI=1S/C17H16ClN3O/c18-14-7-5-12(6-8-14)16-15(4-1-9-19)22-21-17(16)13-3-2-10-20-11-13/h2-3,5-8,10-11H,1,4,9,19H2. The topological polar surface area (TPSA) is 64.9 Å². The molecule has 0 bridgehead atoms. The van der Waals surface area contributed by atoms with Crippen LogP contribution in [0.5, 0.6) is 0 Å². The first-order valence-electron chi connectivity index (χ1n) is 7.14. The largest absolute Gasteiger partial charge is 0.360 e. The second-order valence-electron chi connectivity index (χ2n) is 4.97. The molecule has 0 aliphatic rings. The van der Waals surface area contributed by atoms with Gasteiger partial charge in [-0.1, -0.05) is 28.9 Å². The number of hydrogen-bond acceptors (Lipinski definition) is 4. The van der Waals surface area contributed by atoms with E-state index < -0.39 is 0 Å². The Morgan fingerprint density at radius 2 is 1.91 bits per heavy atom. The van der Waals surface area contributed by atoms with Crippen LogP contribution in [0.3, 0.4) is 0 Å². The van der Waals surface area contributed by atoms with Crippen LogP contribution in [0.15, 0.2) is 53.3 Å². The van der Waals surface area contributed by atoms with E-state index in [2.05, 4.69) is 10.1 Å². The van der Waals surface area contributed by atoms with E-state index in [1.807, 2.05) is 36.4 Å². The second-order valence-corrected chi connectivity index (χ2v) is 5.41. The van der Waals surface area contributed by atoms with Crippen LogP contribution in [-0.4, -0.2) is 16.7 Å². The van der Waals surface area contributed by atoms with Gasteiger partial charge in [0, 0.05) is 29.4 Å². The normalized spacial score (nSPS) is 10.8. The molecule has 4 nitrogen and oxygen atoms in total. The highest BCUT2D eigenvalue weighted by atomic mass is 35.5. The molecule has 0 atom stereocenters. The Morgan fingerprint density at radius 3 is 2.59 bits per heavy atom. The van der Waals surface area contributed by atoms with E-state index in [0.717, 1.165) is 41.0 Å². The van der Waals surface area contributed by atoms with Gasteiger partial charge in [0.25, 0.3) is 0 Å². The highest BCUT2D eigenvalue weighted by Crippen LogP contribution is 2.35. The van der Waals surface area contributed by atoms with E-state index in [-0.39, 0.29) is 0 Å². The average molecular weight is 314 g/mol. The lowest BCUT2D eigenvalue weighted by Gasteiger charge is -2.05. The molecule has 0 aliphatic heterocycles. The van der Waals surface area contributed by atoms with Crippen molar-refractivity contribution in [2.45, 2.75) is 12.8 Å². The van der Waals surface area contributed by atoms with E-state index in [9.17, 15) is 0 Å². The minimum atomic E-state index is 0.614. The lowest BCUT2D eigenvalue weighted by atomic mass is 9.98. The molecule has 0 unspecified atom stereocenters. The first-order chi connectivity index (χ1) is 10.8. The lowest BCUT2D eigenvalue weighted by Crippen LogP contribution is -2.00. The summed E-state index contributed by atoms with van der Waals surface area (Å²) in [4.78, 5) is 4.16. The number of pyridine rings is 1. The molecule has 0 fully saturated rings. The number of hydrogen-bond donors (Lipinski definition) is 1. The van der Waals surface area contributed by atoms with E-state index in [1.165, 1.54) is 0 Å². The van der Waals surface area contributed by atoms with Gasteiger partial charge in [-0.05, 0) is 42.8 Å². The zero-order valence-corrected chi connectivity index (χ0v) is 12.8. The Labute approximate surface area is 133 Å². The summed E-state index contributed by atoms with van der Waals surface area (Å²) in [5.74, 6) is 0.839. The second kappa shape index (κ2) is 6.73. The Bertz CT molecular complexity index is 738. The third kappa shape index (κ3) is 3.03. The van der Waals surface area contributed by atoms with Crippen molar-refractivity contribution >= 4 is 11.6 Å². The molecule has 3 rings (SSSR count). The molecular formula is C17H16ClN3O. The van der Waals surface area contributed by atoms with Gasteiger partial charge in [0.05, 0.1) is 5.56 Å². The maximum absolute atomic E-state index is 5.99. The zero-order chi connectivity index (χ0) is 15.4. The summed E-state index contributed by atoms with van der Waals surface area (Å²) in [7, 11) is 0. The van der Waals surface area contributed by atoms with Crippen LogP contribution in [0.25, 0.3) is 22.4 Å². The number of aryl methyl sites for hydroxylation is 1. The molecule has 0 radical (unpaired) electrons. The average Bonchev–Trinajstić information content (AvgIpc) is 2.98. The van der Waals surface area contributed by atoms with Crippen molar-refractivity contribution in [1.82, 2.24) is 10.1 Å². The van der Waals surface area contributed by atoms with E-state index in [4.69, 9.17) is 21.9 Å². The summed E-state index contributed by atoms with van der Waals surface area (Å²) in [5, 5.41) is 4.95. The zero-order valence-electron chi connectivity index (χ0n) is 12.0. The molecule has 2 heterocycles. The molecule has 0 saturated heterocycles. The summed E-state index contributed by atoms with van der Waals surface area (Å²) in [6.07, 6.45) is 5.12. The summed E-state index contributed by atoms with van der Waals surface area (Å²) in [5.41, 5.74) is 9.34. The van der Waals surface area contributed by atoms with Gasteiger partial charge < -0.3 is 10.3 Å². The number of aromatic nitrogens is 2. The van der Waals surface area contributed by atoms with Gasteiger partial charge in [0.1, 0.15) is 11.5 Å². The van der Waals surface area contributed by atoms with Crippen LogP contribution >= 0.6 is 11.6 Å². The van der Waals surface area contributed by atoms with Crippen molar-refractivity contribution < 1.29 is 4.52 Å². The number of rotatable bonds is 5. The van der Waals surface area contributed by atoms with Gasteiger partial charge in [0.15, 0.2) is 0 Å². The molecule has 0 amide bonds. The SMILES string of the molecule is NCCCc1onc(-c2cccnc2)c1-c1ccc(Cl)cc1. The number of nitrogens with zero attached hydrogens (tertiary/aromatic N) is 2. The minimum Gasteiger partial charge on any atom is -0.360 e. The molecule has 112 valence electrons. The summed E-state index contributed by atoms with van der Waals surface area (Å²) >= 11 is 5.99. The Hall–Kier alpha value is -2.17. The Balaban J connectivity index is 2.11. The molecule has 0 aliphatic carbocycles. The fraction of sp³-hybridized carbons (Fsp3) is 0.176. The smallest absolute Gasteiger partial charge is 0.145 e. The third-order valence-corrected chi connectivity index (χ3v) is 3.69. The van der Waals surface area contributed by atoms with Gasteiger partial charge in [0.2, 0.25) is 0 Å². The number of halogens is 1. The van der Waals surface area contributed by atoms with E-state index >= 15 is 0 Å². The summed E-state index contributed by atoms with van der Waals surface area (Å²) in [6.45, 7) is 0.614. The highest BCUT2D eigenvalue weighted by Gasteiger charge is 2.19. The molecule has 2 N–H and O–H groups in total. The molecule has 3 aromatic rings. The lowest BCUT2D eigenvalue weighted by molar-refractivity contribution is 0.384. The van der Waals surface area contributed by atoms with Crippen LogP contribution in [0.1, 0.15) is 12.2 Å². The fourth-order valence-electron chi connectivity index (χ4n) is 2.37. The monoisotopic (exact) mass is 313 g/mol. The van der Waals surface area contributed by atoms with Crippen molar-refractivity contribution in [3.05, 3.63) is 59.6 Å². The van der Waals surface area contributed by atoms with Gasteiger partial charge in [-0.25, -0.2) is 0 Å². The van der Waals surface area contributed by atoms with E-state index in [0.29, 0.717) is 11.6 Å². The van der Waals surface area contributed by atoms with Crippen LogP contribution in [0.2, 0.25) is 5.02 Å². The van der Waals surface area contributed by atoms with Gasteiger partial charge in [-0.2, -0.15) is 0 Å². The molecule has 2 aromatic heterocycles. The number of nitrogens with two attached hydrogens (primary N) is 1. The van der Waals surface area contributed by atoms with Crippen LogP contribution in [0.4, 0.5) is 0 Å². The quantitative estimate of drug-likeness (QED) is 0.774. The maximum Gasteiger partial charge on any atom is 0.145 e. The van der Waals surface area contributed by atoms with Crippen LogP contribution in [-0.2, 0) is 6.42 Å². The summed E-state index contributed by atoms with van der Waals surface area (Å²) in [6, 6.07) is 11.5. The Kier molecular flexibility index (Phi) is 4.51. The van der Waals surface area contributed by atoms with Crippen molar-refractivity contribution in [1.29, 1.82) is 0 Å². The van der Waals surface area contributed by atoms with Gasteiger partial charge in [-0.15, -0.1) is 0 Å². The maximum atomic E-state index is 5.99. The minimum absolute atomic E-state index is 0.614. The molecule has 0 saturated carbocycles. The third-order valence-electron chi connectivity index (χ3n) is 3.44. The number of benzene rings is 1. The first-order valence-corrected chi connectivity index (χ1v) is 7.52. The van der Waals surface area contributed by atoms with Gasteiger partial charge in [-0.3, -0.25) is 4.98 Å². The van der Waals surface area contributed by atoms with Gasteiger partial charge >= 0.3 is 0 Å². The van der Waals surface area contributed by atoms with E-state index in [1.54, 1.807) is 12.4 Å². The predicted octanol–water partition coefficient (Wildman–Crippen LogP) is 3.95. The molecule has 1 aromatic carbocycles. The first kappa shape index (κ1) is 14.8. The van der Waals surface area contributed by atoms with Crippen LogP contribution < -0.4 is 5.73 Å². The molecular weight excluding hydrogens is 298 g/mol. The molecule has 0 spiro atoms. The Morgan fingerprint density at radius 1 is 1.09 bits per heavy atom. The highest BCUT2D eigenvalue weighted by molar-refractivity contribution is 6.30. The van der Waals surface area contributed by atoms with Crippen molar-refractivity contribution in [3.63, 3.8) is 0 Å². The van der Waals surface area contributed by atoms with Crippen molar-refractivity contribution in [2.24, 2.45) is 5.73 Å². The van der Waals surface area contributed by atoms with Crippen molar-refractivity contribution in [2.75, 3.05) is 6.54 Å². The van der Waals surface area contributed by atoms with Crippen molar-refractivity contribution in [3.8, 4) is 22.4 Å². The van der Waals surface area contributed by atoms with Crippen LogP contribution in [0, 0.1) is 0 Å². The molecule has 22 heavy (non-hydrogen) atoms. The summed E-state index contributed by atoms with van der Waals surface area (Å²) < 4.78 is 5.57.